The molecule has 0 spiro atoms. The molecule has 4 nitrogen and oxygen atoms in total. The standard InChI is InChI=1S/C22H26BFO4/c1-21(2)22(3,4)28-23(27-21)15-7-10-20-18(12-15)19(25)13-17(26-20)11-14-5-8-16(24)9-6-14/h5-10,12,17,19,25H,11,13H2,1-4H3. The van der Waals surface area contributed by atoms with E-state index in [1.54, 1.807) is 12.1 Å². The van der Waals surface area contributed by atoms with E-state index in [2.05, 4.69) is 0 Å². The third-order valence-corrected chi connectivity index (χ3v) is 6.07. The van der Waals surface area contributed by atoms with Gasteiger partial charge in [-0.05, 0) is 56.9 Å². The fraction of sp³-hybridized carbons (Fsp3) is 0.455. The topological polar surface area (TPSA) is 47.9 Å². The number of benzene rings is 2. The minimum atomic E-state index is -0.628. The van der Waals surface area contributed by atoms with Crippen LogP contribution in [0.15, 0.2) is 42.5 Å². The molecule has 148 valence electrons. The van der Waals surface area contributed by atoms with Crippen LogP contribution >= 0.6 is 0 Å². The Morgan fingerprint density at radius 2 is 1.68 bits per heavy atom. The molecule has 2 aliphatic rings. The highest BCUT2D eigenvalue weighted by molar-refractivity contribution is 6.62. The fourth-order valence-electron chi connectivity index (χ4n) is 3.67. The van der Waals surface area contributed by atoms with E-state index in [4.69, 9.17) is 14.0 Å². The van der Waals surface area contributed by atoms with Gasteiger partial charge in [0.25, 0.3) is 0 Å². The van der Waals surface area contributed by atoms with Gasteiger partial charge in [0.1, 0.15) is 17.7 Å². The summed E-state index contributed by atoms with van der Waals surface area (Å²) in [5.41, 5.74) is 1.78. The monoisotopic (exact) mass is 384 g/mol. The molecule has 2 unspecified atom stereocenters. The summed E-state index contributed by atoms with van der Waals surface area (Å²) in [6.07, 6.45) is 0.319. The minimum Gasteiger partial charge on any atom is -0.490 e. The highest BCUT2D eigenvalue weighted by atomic mass is 19.1. The number of ether oxygens (including phenoxy) is 1. The van der Waals surface area contributed by atoms with Crippen LogP contribution in [0.3, 0.4) is 0 Å². The van der Waals surface area contributed by atoms with Gasteiger partial charge in [-0.2, -0.15) is 0 Å². The summed E-state index contributed by atoms with van der Waals surface area (Å²) in [5.74, 6) is 0.417. The first kappa shape index (κ1) is 19.4. The van der Waals surface area contributed by atoms with E-state index >= 15 is 0 Å². The Hall–Kier alpha value is -1.89. The van der Waals surface area contributed by atoms with Gasteiger partial charge in [-0.15, -0.1) is 0 Å². The van der Waals surface area contributed by atoms with Crippen molar-refractivity contribution in [2.45, 2.75) is 63.9 Å². The Bertz CT molecular complexity index is 849. The summed E-state index contributed by atoms with van der Waals surface area (Å²) in [4.78, 5) is 0. The van der Waals surface area contributed by atoms with Crippen molar-refractivity contribution < 1.29 is 23.5 Å². The van der Waals surface area contributed by atoms with Crippen LogP contribution in [-0.4, -0.2) is 29.5 Å². The lowest BCUT2D eigenvalue weighted by molar-refractivity contribution is 0.00578. The normalized spacial score (nSPS) is 25.3. The maximum Gasteiger partial charge on any atom is 0.494 e. The molecule has 1 fully saturated rings. The second-order valence-corrected chi connectivity index (χ2v) is 8.71. The fourth-order valence-corrected chi connectivity index (χ4v) is 3.67. The molecule has 28 heavy (non-hydrogen) atoms. The largest absolute Gasteiger partial charge is 0.494 e. The van der Waals surface area contributed by atoms with E-state index < -0.39 is 24.4 Å². The first-order valence-electron chi connectivity index (χ1n) is 9.73. The maximum atomic E-state index is 13.1. The lowest BCUT2D eigenvalue weighted by Gasteiger charge is -2.32. The summed E-state index contributed by atoms with van der Waals surface area (Å²) in [5, 5.41) is 10.7. The molecule has 0 radical (unpaired) electrons. The number of halogens is 1. The number of fused-ring (bicyclic) bond motifs is 1. The van der Waals surface area contributed by atoms with Gasteiger partial charge in [0.05, 0.1) is 17.3 Å². The third kappa shape index (κ3) is 3.57. The van der Waals surface area contributed by atoms with Crippen LogP contribution < -0.4 is 10.2 Å². The average molecular weight is 384 g/mol. The van der Waals surface area contributed by atoms with Crippen LogP contribution in [0.2, 0.25) is 0 Å². The Kier molecular flexibility index (Phi) is 4.77. The van der Waals surface area contributed by atoms with Gasteiger partial charge >= 0.3 is 7.12 Å². The summed E-state index contributed by atoms with van der Waals surface area (Å²) in [6, 6.07) is 12.1. The zero-order valence-corrected chi connectivity index (χ0v) is 16.7. The van der Waals surface area contributed by atoms with Gasteiger partial charge in [0.15, 0.2) is 0 Å². The molecular formula is C22H26BFO4. The summed E-state index contributed by atoms with van der Waals surface area (Å²) in [6.45, 7) is 8.07. The maximum absolute atomic E-state index is 13.1. The van der Waals surface area contributed by atoms with Crippen molar-refractivity contribution in [1.29, 1.82) is 0 Å². The van der Waals surface area contributed by atoms with E-state index in [0.29, 0.717) is 18.6 Å². The quantitative estimate of drug-likeness (QED) is 0.823. The van der Waals surface area contributed by atoms with Crippen molar-refractivity contribution in [3.8, 4) is 5.75 Å². The number of hydrogen-bond acceptors (Lipinski definition) is 4. The molecule has 0 saturated carbocycles. The molecule has 2 aromatic rings. The number of rotatable bonds is 3. The van der Waals surface area contributed by atoms with E-state index in [1.165, 1.54) is 12.1 Å². The van der Waals surface area contributed by atoms with Crippen LogP contribution in [0.4, 0.5) is 4.39 Å². The van der Waals surface area contributed by atoms with Gasteiger partial charge in [0.2, 0.25) is 0 Å². The Labute approximate surface area is 165 Å². The molecule has 0 aliphatic carbocycles. The zero-order chi connectivity index (χ0) is 20.1. The van der Waals surface area contributed by atoms with Crippen LogP contribution in [0, 0.1) is 5.82 Å². The summed E-state index contributed by atoms with van der Waals surface area (Å²) in [7, 11) is -0.473. The summed E-state index contributed by atoms with van der Waals surface area (Å²) < 4.78 is 31.4. The number of aliphatic hydroxyl groups excluding tert-OH is 1. The van der Waals surface area contributed by atoms with Gasteiger partial charge in [-0.25, -0.2) is 4.39 Å². The van der Waals surface area contributed by atoms with Gasteiger partial charge in [-0.1, -0.05) is 24.3 Å². The molecule has 2 atom stereocenters. The van der Waals surface area contributed by atoms with E-state index in [9.17, 15) is 9.50 Å². The third-order valence-electron chi connectivity index (χ3n) is 6.07. The van der Waals surface area contributed by atoms with E-state index in [1.807, 2.05) is 45.9 Å². The highest BCUT2D eigenvalue weighted by Gasteiger charge is 2.51. The zero-order valence-electron chi connectivity index (χ0n) is 16.7. The smallest absolute Gasteiger partial charge is 0.490 e. The van der Waals surface area contributed by atoms with Crippen LogP contribution in [0.25, 0.3) is 0 Å². The molecule has 0 aromatic heterocycles. The first-order chi connectivity index (χ1) is 13.1. The van der Waals surface area contributed by atoms with Crippen molar-refractivity contribution in [1.82, 2.24) is 0 Å². The molecule has 1 saturated heterocycles. The molecular weight excluding hydrogens is 358 g/mol. The first-order valence-corrected chi connectivity index (χ1v) is 9.73. The second kappa shape index (κ2) is 6.87. The molecule has 2 aromatic carbocycles. The Balaban J connectivity index is 1.51. The molecule has 4 rings (SSSR count). The summed E-state index contributed by atoms with van der Waals surface area (Å²) >= 11 is 0. The number of hydrogen-bond donors (Lipinski definition) is 1. The minimum absolute atomic E-state index is 0.157. The SMILES string of the molecule is CC1(C)OB(c2ccc3c(c2)C(O)CC(Cc2ccc(F)cc2)O3)OC1(C)C. The molecule has 2 heterocycles. The van der Waals surface area contributed by atoms with Crippen molar-refractivity contribution in [3.63, 3.8) is 0 Å². The molecule has 2 aliphatic heterocycles. The van der Waals surface area contributed by atoms with Crippen LogP contribution in [-0.2, 0) is 15.7 Å². The number of aliphatic hydroxyl groups is 1. The van der Waals surface area contributed by atoms with Crippen molar-refractivity contribution in [2.24, 2.45) is 0 Å². The van der Waals surface area contributed by atoms with Gasteiger partial charge in [0, 0.05) is 18.4 Å². The van der Waals surface area contributed by atoms with Gasteiger partial charge < -0.3 is 19.2 Å². The van der Waals surface area contributed by atoms with E-state index in [0.717, 1.165) is 16.6 Å². The van der Waals surface area contributed by atoms with Crippen molar-refractivity contribution in [2.75, 3.05) is 0 Å². The molecule has 0 bridgehead atoms. The highest BCUT2D eigenvalue weighted by Crippen LogP contribution is 2.38. The second-order valence-electron chi connectivity index (χ2n) is 8.71. The Morgan fingerprint density at radius 1 is 1.04 bits per heavy atom. The van der Waals surface area contributed by atoms with Crippen molar-refractivity contribution >= 4 is 12.6 Å². The average Bonchev–Trinajstić information content (AvgIpc) is 2.84. The molecule has 6 heteroatoms. The van der Waals surface area contributed by atoms with Crippen LogP contribution in [0.5, 0.6) is 5.75 Å². The lowest BCUT2D eigenvalue weighted by Crippen LogP contribution is -2.41. The molecule has 0 amide bonds. The lowest BCUT2D eigenvalue weighted by atomic mass is 9.77. The van der Waals surface area contributed by atoms with E-state index in [-0.39, 0.29) is 11.9 Å². The van der Waals surface area contributed by atoms with Crippen molar-refractivity contribution in [3.05, 3.63) is 59.4 Å². The predicted molar refractivity (Wildman–Crippen MR) is 106 cm³/mol. The van der Waals surface area contributed by atoms with Crippen LogP contribution in [0.1, 0.15) is 51.3 Å². The molecule has 1 N–H and O–H groups in total. The van der Waals surface area contributed by atoms with Gasteiger partial charge in [-0.3, -0.25) is 0 Å². The Morgan fingerprint density at radius 3 is 2.32 bits per heavy atom. The predicted octanol–water partition coefficient (Wildman–Crippen LogP) is 3.55.